The van der Waals surface area contributed by atoms with Crippen LogP contribution in [0.4, 0.5) is 5.82 Å². The van der Waals surface area contributed by atoms with E-state index in [4.69, 9.17) is 0 Å². The first kappa shape index (κ1) is 16.4. The summed E-state index contributed by atoms with van der Waals surface area (Å²) in [6, 6.07) is 2.79. The molecule has 0 N–H and O–H groups in total. The first-order valence-electron chi connectivity index (χ1n) is 9.60. The molecule has 5 rings (SSSR count). The van der Waals surface area contributed by atoms with Crippen LogP contribution in [0.5, 0.6) is 0 Å². The summed E-state index contributed by atoms with van der Waals surface area (Å²) in [6.07, 6.45) is 8.38. The van der Waals surface area contributed by atoms with Crippen LogP contribution < -0.4 is 4.90 Å². The SMILES string of the molecule is CCc1cc2c(N3CCC4(C3)CN(C(C)C3=CCN=C3)C4)ncnc2s1. The molecule has 0 aliphatic carbocycles. The lowest BCUT2D eigenvalue weighted by Crippen LogP contribution is -2.60. The fraction of sp³-hybridized carbons (Fsp3) is 0.550. The molecule has 2 fully saturated rings. The van der Waals surface area contributed by atoms with E-state index < -0.39 is 0 Å². The van der Waals surface area contributed by atoms with Crippen molar-refractivity contribution in [2.24, 2.45) is 10.4 Å². The third-order valence-electron chi connectivity index (χ3n) is 6.23. The lowest BCUT2D eigenvalue weighted by Gasteiger charge is -2.51. The number of aromatic nitrogens is 2. The molecule has 5 nitrogen and oxygen atoms in total. The standard InChI is InChI=1S/C20H25N5S/c1-3-16-8-17-18(22-13-23-19(17)26-16)24-7-5-20(10-24)11-25(12-20)14(2)15-4-6-21-9-15/h4,8-9,13-14H,3,5-7,10-12H2,1-2H3. The van der Waals surface area contributed by atoms with Crippen molar-refractivity contribution in [1.29, 1.82) is 0 Å². The highest BCUT2D eigenvalue weighted by Crippen LogP contribution is 2.43. The molecule has 5 heterocycles. The average Bonchev–Trinajstić information content (AvgIpc) is 3.37. The van der Waals surface area contributed by atoms with Crippen LogP contribution in [0.1, 0.15) is 25.1 Å². The van der Waals surface area contributed by atoms with Crippen molar-refractivity contribution < 1.29 is 0 Å². The molecule has 136 valence electrons. The van der Waals surface area contributed by atoms with Gasteiger partial charge in [-0.1, -0.05) is 13.0 Å². The molecule has 6 heteroatoms. The summed E-state index contributed by atoms with van der Waals surface area (Å²) < 4.78 is 0. The van der Waals surface area contributed by atoms with Crippen molar-refractivity contribution in [3.8, 4) is 0 Å². The summed E-state index contributed by atoms with van der Waals surface area (Å²) in [7, 11) is 0. The van der Waals surface area contributed by atoms with Gasteiger partial charge in [-0.15, -0.1) is 11.3 Å². The number of anilines is 1. The van der Waals surface area contributed by atoms with Gasteiger partial charge in [0.25, 0.3) is 0 Å². The maximum atomic E-state index is 4.66. The van der Waals surface area contributed by atoms with Crippen molar-refractivity contribution >= 4 is 33.6 Å². The Balaban J connectivity index is 1.31. The molecule has 2 aromatic rings. The van der Waals surface area contributed by atoms with E-state index in [1.165, 1.54) is 35.3 Å². The van der Waals surface area contributed by atoms with Crippen molar-refractivity contribution in [2.75, 3.05) is 37.6 Å². The highest BCUT2D eigenvalue weighted by atomic mass is 32.1. The Kier molecular flexibility index (Phi) is 3.87. The van der Waals surface area contributed by atoms with Crippen molar-refractivity contribution in [3.63, 3.8) is 0 Å². The molecule has 3 aliphatic rings. The van der Waals surface area contributed by atoms with E-state index in [2.05, 4.69) is 57.0 Å². The Morgan fingerprint density at radius 3 is 2.92 bits per heavy atom. The second kappa shape index (κ2) is 6.13. The fourth-order valence-electron chi connectivity index (χ4n) is 4.64. The number of thiophene rings is 1. The van der Waals surface area contributed by atoms with Gasteiger partial charge in [0.05, 0.1) is 11.9 Å². The van der Waals surface area contributed by atoms with Crippen molar-refractivity contribution in [2.45, 2.75) is 32.7 Å². The minimum atomic E-state index is 0.436. The summed E-state index contributed by atoms with van der Waals surface area (Å²) >= 11 is 1.80. The zero-order chi connectivity index (χ0) is 17.7. The predicted molar refractivity (Wildman–Crippen MR) is 109 cm³/mol. The normalized spacial score (nSPS) is 23.0. The topological polar surface area (TPSA) is 44.6 Å². The van der Waals surface area contributed by atoms with E-state index in [9.17, 15) is 0 Å². The van der Waals surface area contributed by atoms with Crippen molar-refractivity contribution in [1.82, 2.24) is 14.9 Å². The number of aryl methyl sites for hydroxylation is 1. The van der Waals surface area contributed by atoms with E-state index in [1.54, 1.807) is 17.7 Å². The first-order valence-corrected chi connectivity index (χ1v) is 10.4. The fourth-order valence-corrected chi connectivity index (χ4v) is 5.57. The maximum Gasteiger partial charge on any atom is 0.140 e. The third kappa shape index (κ3) is 2.58. The molecule has 26 heavy (non-hydrogen) atoms. The van der Waals surface area contributed by atoms with E-state index in [1.807, 2.05) is 0 Å². The minimum absolute atomic E-state index is 0.436. The molecular formula is C20H25N5S. The number of likely N-dealkylation sites (tertiary alicyclic amines) is 1. The van der Waals surface area contributed by atoms with Crippen LogP contribution in [0.2, 0.25) is 0 Å². The monoisotopic (exact) mass is 367 g/mol. The number of nitrogens with zero attached hydrogens (tertiary/aromatic N) is 5. The lowest BCUT2D eigenvalue weighted by molar-refractivity contribution is 0.000927. The molecule has 1 unspecified atom stereocenters. The van der Waals surface area contributed by atoms with Gasteiger partial charge >= 0.3 is 0 Å². The molecule has 2 aromatic heterocycles. The minimum Gasteiger partial charge on any atom is -0.355 e. The Labute approximate surface area is 158 Å². The van der Waals surface area contributed by atoms with Crippen LogP contribution in [-0.2, 0) is 6.42 Å². The molecule has 0 radical (unpaired) electrons. The van der Waals surface area contributed by atoms with Gasteiger partial charge in [-0.25, -0.2) is 9.97 Å². The molecule has 0 aromatic carbocycles. The molecule has 1 spiro atoms. The van der Waals surface area contributed by atoms with Gasteiger partial charge in [0, 0.05) is 48.7 Å². The number of hydrogen-bond acceptors (Lipinski definition) is 6. The van der Waals surface area contributed by atoms with Gasteiger partial charge in [-0.2, -0.15) is 0 Å². The number of fused-ring (bicyclic) bond motifs is 1. The largest absolute Gasteiger partial charge is 0.355 e. The number of hydrogen-bond donors (Lipinski definition) is 0. The second-order valence-electron chi connectivity index (χ2n) is 7.93. The summed E-state index contributed by atoms with van der Waals surface area (Å²) in [6.45, 7) is 9.98. The quantitative estimate of drug-likeness (QED) is 0.833. The Hall–Kier alpha value is -1.79. The molecular weight excluding hydrogens is 342 g/mol. The summed E-state index contributed by atoms with van der Waals surface area (Å²) in [5, 5.41) is 1.24. The van der Waals surface area contributed by atoms with Gasteiger partial charge in [0.1, 0.15) is 17.0 Å². The third-order valence-corrected chi connectivity index (χ3v) is 7.41. The molecule has 0 bridgehead atoms. The number of aliphatic imine (C=N–C) groups is 1. The Bertz CT molecular complexity index is 893. The van der Waals surface area contributed by atoms with E-state index in [0.29, 0.717) is 11.5 Å². The van der Waals surface area contributed by atoms with E-state index in [0.717, 1.165) is 36.7 Å². The molecule has 2 saturated heterocycles. The summed E-state index contributed by atoms with van der Waals surface area (Å²) in [5.74, 6) is 1.14. The van der Waals surface area contributed by atoms with Crippen LogP contribution >= 0.6 is 11.3 Å². The molecule has 3 aliphatic heterocycles. The second-order valence-corrected chi connectivity index (χ2v) is 9.05. The van der Waals surface area contributed by atoms with Crippen LogP contribution in [-0.4, -0.2) is 59.8 Å². The number of rotatable bonds is 4. The smallest absolute Gasteiger partial charge is 0.140 e. The Morgan fingerprint density at radius 1 is 1.27 bits per heavy atom. The van der Waals surface area contributed by atoms with Crippen LogP contribution in [0.15, 0.2) is 29.0 Å². The van der Waals surface area contributed by atoms with E-state index in [-0.39, 0.29) is 0 Å². The highest BCUT2D eigenvalue weighted by Gasteiger charge is 2.49. The van der Waals surface area contributed by atoms with Gasteiger partial charge < -0.3 is 4.90 Å². The first-order chi connectivity index (χ1) is 12.7. The summed E-state index contributed by atoms with van der Waals surface area (Å²) in [4.78, 5) is 21.1. The Morgan fingerprint density at radius 2 is 2.15 bits per heavy atom. The van der Waals surface area contributed by atoms with Crippen LogP contribution in [0, 0.1) is 5.41 Å². The van der Waals surface area contributed by atoms with Gasteiger partial charge in [-0.3, -0.25) is 9.89 Å². The molecule has 0 amide bonds. The lowest BCUT2D eigenvalue weighted by atomic mass is 9.77. The van der Waals surface area contributed by atoms with E-state index >= 15 is 0 Å². The zero-order valence-electron chi connectivity index (χ0n) is 15.5. The highest BCUT2D eigenvalue weighted by molar-refractivity contribution is 7.18. The summed E-state index contributed by atoms with van der Waals surface area (Å²) in [5.41, 5.74) is 1.82. The molecule has 0 saturated carbocycles. The van der Waals surface area contributed by atoms with Gasteiger partial charge in [-0.05, 0) is 31.4 Å². The van der Waals surface area contributed by atoms with Crippen LogP contribution in [0.25, 0.3) is 10.2 Å². The van der Waals surface area contributed by atoms with Gasteiger partial charge in [0.15, 0.2) is 0 Å². The zero-order valence-corrected chi connectivity index (χ0v) is 16.3. The predicted octanol–water partition coefficient (Wildman–Crippen LogP) is 3.17. The van der Waals surface area contributed by atoms with Crippen molar-refractivity contribution in [3.05, 3.63) is 28.9 Å². The van der Waals surface area contributed by atoms with Gasteiger partial charge in [0.2, 0.25) is 0 Å². The van der Waals surface area contributed by atoms with Crippen LogP contribution in [0.3, 0.4) is 0 Å². The average molecular weight is 368 g/mol. The maximum absolute atomic E-state index is 4.66. The molecule has 1 atom stereocenters.